The van der Waals surface area contributed by atoms with Gasteiger partial charge in [0.05, 0.1) is 19.3 Å². The molecule has 0 amide bonds. The number of ether oxygens (including phenoxy) is 3. The number of hydrogen-bond acceptors (Lipinski definition) is 5. The van der Waals surface area contributed by atoms with E-state index in [1.165, 1.54) is 13.2 Å². The van der Waals surface area contributed by atoms with Crippen molar-refractivity contribution >= 4 is 12.3 Å². The summed E-state index contributed by atoms with van der Waals surface area (Å²) in [5.74, 6) is 0.0714. The Morgan fingerprint density at radius 2 is 2.28 bits per heavy atom. The zero-order valence-corrected chi connectivity index (χ0v) is 10.9. The lowest BCUT2D eigenvalue weighted by Crippen LogP contribution is -2.36. The fourth-order valence-corrected chi connectivity index (χ4v) is 1.95. The molecule has 5 heteroatoms. The van der Waals surface area contributed by atoms with Crippen molar-refractivity contribution in [1.82, 2.24) is 0 Å². The molecule has 1 rings (SSSR count). The Labute approximate surface area is 107 Å². The molecule has 5 nitrogen and oxygen atoms in total. The molecule has 0 aromatic rings. The van der Waals surface area contributed by atoms with E-state index < -0.39 is 5.97 Å². The average molecular weight is 256 g/mol. The van der Waals surface area contributed by atoms with Crippen LogP contribution in [-0.2, 0) is 23.8 Å². The molecule has 0 aromatic carbocycles. The van der Waals surface area contributed by atoms with Crippen LogP contribution in [0.15, 0.2) is 11.8 Å². The fraction of sp³-hybridized carbons (Fsp3) is 0.692. The van der Waals surface area contributed by atoms with E-state index in [-0.39, 0.29) is 12.2 Å². The van der Waals surface area contributed by atoms with Gasteiger partial charge in [0.1, 0.15) is 18.1 Å². The monoisotopic (exact) mass is 256 g/mol. The van der Waals surface area contributed by atoms with E-state index in [4.69, 9.17) is 9.47 Å². The highest BCUT2D eigenvalue weighted by atomic mass is 16.5. The Morgan fingerprint density at radius 3 is 2.94 bits per heavy atom. The number of allylic oxidation sites excluding steroid dienone is 1. The Bertz CT molecular complexity index is 311. The maximum Gasteiger partial charge on any atom is 0.333 e. The summed E-state index contributed by atoms with van der Waals surface area (Å²) in [5, 5.41) is 0. The van der Waals surface area contributed by atoms with Crippen LogP contribution in [0.4, 0.5) is 0 Å². The van der Waals surface area contributed by atoms with Gasteiger partial charge in [0.15, 0.2) is 0 Å². The standard InChI is InChI=1S/C13H20O5/c1-10(9-13(15)16-2)18-12-6-4-8-17-11(12)5-3-7-14/h7,9,11-12H,3-6,8H2,1-2H3/b10-9+/t11-,12+/m1/s1. The number of rotatable bonds is 6. The lowest BCUT2D eigenvalue weighted by molar-refractivity contribution is -0.135. The molecule has 0 radical (unpaired) electrons. The summed E-state index contributed by atoms with van der Waals surface area (Å²) in [6, 6.07) is 0. The van der Waals surface area contributed by atoms with Gasteiger partial charge in [-0.3, -0.25) is 0 Å². The number of hydrogen-bond donors (Lipinski definition) is 0. The van der Waals surface area contributed by atoms with Gasteiger partial charge >= 0.3 is 5.97 Å². The molecule has 1 saturated heterocycles. The van der Waals surface area contributed by atoms with Crippen molar-refractivity contribution in [2.24, 2.45) is 0 Å². The highest BCUT2D eigenvalue weighted by Gasteiger charge is 2.27. The van der Waals surface area contributed by atoms with Crippen LogP contribution in [-0.4, -0.2) is 38.2 Å². The molecule has 2 atom stereocenters. The zero-order chi connectivity index (χ0) is 13.4. The maximum absolute atomic E-state index is 11.1. The first-order valence-electron chi connectivity index (χ1n) is 6.15. The largest absolute Gasteiger partial charge is 0.492 e. The lowest BCUT2D eigenvalue weighted by Gasteiger charge is -2.32. The molecule has 102 valence electrons. The van der Waals surface area contributed by atoms with Crippen LogP contribution in [0, 0.1) is 0 Å². The Kier molecular flexibility index (Phi) is 6.43. The van der Waals surface area contributed by atoms with Crippen molar-refractivity contribution in [3.63, 3.8) is 0 Å². The molecule has 0 N–H and O–H groups in total. The molecule has 18 heavy (non-hydrogen) atoms. The smallest absolute Gasteiger partial charge is 0.333 e. The van der Waals surface area contributed by atoms with E-state index in [9.17, 15) is 9.59 Å². The van der Waals surface area contributed by atoms with E-state index in [0.29, 0.717) is 25.2 Å². The van der Waals surface area contributed by atoms with E-state index in [1.807, 2.05) is 0 Å². The van der Waals surface area contributed by atoms with Gasteiger partial charge < -0.3 is 19.0 Å². The van der Waals surface area contributed by atoms with Crippen LogP contribution in [0.2, 0.25) is 0 Å². The average Bonchev–Trinajstić information content (AvgIpc) is 2.37. The number of aldehydes is 1. The highest BCUT2D eigenvalue weighted by Crippen LogP contribution is 2.22. The summed E-state index contributed by atoms with van der Waals surface area (Å²) in [4.78, 5) is 21.5. The van der Waals surface area contributed by atoms with E-state index in [2.05, 4.69) is 4.74 Å². The van der Waals surface area contributed by atoms with Crippen LogP contribution >= 0.6 is 0 Å². The SMILES string of the molecule is COC(=O)/C=C(\C)O[C@H]1CCCO[C@@H]1CCC=O. The van der Waals surface area contributed by atoms with Gasteiger partial charge in [-0.2, -0.15) is 0 Å². The summed E-state index contributed by atoms with van der Waals surface area (Å²) in [7, 11) is 1.32. The number of methoxy groups -OCH3 is 1. The van der Waals surface area contributed by atoms with Crippen molar-refractivity contribution < 1.29 is 23.8 Å². The number of carbonyl (C=O) groups is 2. The third-order valence-corrected chi connectivity index (χ3v) is 2.81. The van der Waals surface area contributed by atoms with E-state index in [1.54, 1.807) is 6.92 Å². The van der Waals surface area contributed by atoms with E-state index in [0.717, 1.165) is 19.1 Å². The predicted molar refractivity (Wildman–Crippen MR) is 64.9 cm³/mol. The molecule has 0 aromatic heterocycles. The van der Waals surface area contributed by atoms with Gasteiger partial charge in [-0.25, -0.2) is 4.79 Å². The molecule has 0 saturated carbocycles. The third-order valence-electron chi connectivity index (χ3n) is 2.81. The summed E-state index contributed by atoms with van der Waals surface area (Å²) in [6.45, 7) is 2.41. The summed E-state index contributed by atoms with van der Waals surface area (Å²) in [6.07, 6.45) is 4.93. The zero-order valence-electron chi connectivity index (χ0n) is 10.9. The topological polar surface area (TPSA) is 61.8 Å². The van der Waals surface area contributed by atoms with Gasteiger partial charge in [-0.1, -0.05) is 0 Å². The second-order valence-electron chi connectivity index (χ2n) is 4.23. The van der Waals surface area contributed by atoms with Crippen molar-refractivity contribution in [2.45, 2.75) is 44.8 Å². The van der Waals surface area contributed by atoms with Crippen molar-refractivity contribution in [3.05, 3.63) is 11.8 Å². The second kappa shape index (κ2) is 7.87. The Hall–Kier alpha value is -1.36. The highest BCUT2D eigenvalue weighted by molar-refractivity contribution is 5.82. The molecule has 1 heterocycles. The van der Waals surface area contributed by atoms with Gasteiger partial charge in [0.25, 0.3) is 0 Å². The number of carbonyl (C=O) groups excluding carboxylic acids is 2. The quantitative estimate of drug-likeness (QED) is 0.313. The predicted octanol–water partition coefficient (Wildman–Crippen LogP) is 1.61. The molecular formula is C13H20O5. The van der Waals surface area contributed by atoms with Crippen LogP contribution in [0.5, 0.6) is 0 Å². The fourth-order valence-electron chi connectivity index (χ4n) is 1.95. The van der Waals surface area contributed by atoms with Crippen LogP contribution in [0.1, 0.15) is 32.6 Å². The summed E-state index contributed by atoms with van der Waals surface area (Å²) < 4.78 is 15.8. The molecule has 1 aliphatic rings. The minimum Gasteiger partial charge on any atom is -0.492 e. The molecule has 0 aliphatic carbocycles. The molecule has 0 bridgehead atoms. The molecule has 0 spiro atoms. The maximum atomic E-state index is 11.1. The van der Waals surface area contributed by atoms with Gasteiger partial charge in [-0.05, 0) is 26.2 Å². The van der Waals surface area contributed by atoms with Crippen molar-refractivity contribution in [3.8, 4) is 0 Å². The minimum absolute atomic E-state index is 0.0788. The summed E-state index contributed by atoms with van der Waals surface area (Å²) >= 11 is 0. The lowest BCUT2D eigenvalue weighted by atomic mass is 10.0. The minimum atomic E-state index is -0.436. The first kappa shape index (κ1) is 14.7. The van der Waals surface area contributed by atoms with Gasteiger partial charge in [0.2, 0.25) is 0 Å². The molecule has 0 unspecified atom stereocenters. The van der Waals surface area contributed by atoms with Crippen molar-refractivity contribution in [2.75, 3.05) is 13.7 Å². The van der Waals surface area contributed by atoms with Crippen LogP contribution < -0.4 is 0 Å². The van der Waals surface area contributed by atoms with Crippen LogP contribution in [0.3, 0.4) is 0 Å². The van der Waals surface area contributed by atoms with E-state index >= 15 is 0 Å². The number of esters is 1. The van der Waals surface area contributed by atoms with Gasteiger partial charge in [-0.15, -0.1) is 0 Å². The second-order valence-corrected chi connectivity index (χ2v) is 4.23. The molecule has 1 aliphatic heterocycles. The Balaban J connectivity index is 2.53. The van der Waals surface area contributed by atoms with Crippen LogP contribution in [0.25, 0.3) is 0 Å². The first-order valence-corrected chi connectivity index (χ1v) is 6.15. The normalized spacial score (nSPS) is 24.4. The summed E-state index contributed by atoms with van der Waals surface area (Å²) in [5.41, 5.74) is 0. The Morgan fingerprint density at radius 1 is 1.50 bits per heavy atom. The third kappa shape index (κ3) is 4.87. The van der Waals surface area contributed by atoms with Crippen molar-refractivity contribution in [1.29, 1.82) is 0 Å². The molecule has 1 fully saturated rings. The van der Waals surface area contributed by atoms with Gasteiger partial charge in [0, 0.05) is 13.0 Å². The first-order chi connectivity index (χ1) is 8.67. The molecular weight excluding hydrogens is 236 g/mol.